The molecule has 4 aromatic rings. The van der Waals surface area contributed by atoms with Gasteiger partial charge in [0.15, 0.2) is 17.2 Å². The standard InChI is InChI=1S/C22H20F2N6O/c23-14-5-8-17(24)18(10-14)31-16-6-3-13(4-7-16)20-19-21(25)27-12-28-22(19)30(29-20)15-2-1-9-26-11-15/h3-8,10,12,15,26H,1-2,9,11H2,(H2,25,27,28)/t15-/m1/s1. The number of fused-ring (bicyclic) bond motifs is 1. The maximum Gasteiger partial charge on any atom is 0.165 e. The molecule has 1 saturated heterocycles. The lowest BCUT2D eigenvalue weighted by atomic mass is 10.1. The topological polar surface area (TPSA) is 90.9 Å². The minimum absolute atomic E-state index is 0.176. The van der Waals surface area contributed by atoms with E-state index in [1.54, 1.807) is 24.3 Å². The van der Waals surface area contributed by atoms with Gasteiger partial charge in [-0.25, -0.2) is 23.4 Å². The summed E-state index contributed by atoms with van der Waals surface area (Å²) >= 11 is 0. The summed E-state index contributed by atoms with van der Waals surface area (Å²) in [4.78, 5) is 8.57. The van der Waals surface area contributed by atoms with E-state index in [0.29, 0.717) is 28.3 Å². The number of anilines is 1. The van der Waals surface area contributed by atoms with Crippen molar-refractivity contribution in [1.29, 1.82) is 0 Å². The van der Waals surface area contributed by atoms with Crippen LogP contribution in [0, 0.1) is 11.6 Å². The van der Waals surface area contributed by atoms with E-state index < -0.39 is 11.6 Å². The van der Waals surface area contributed by atoms with Crippen LogP contribution in [0.3, 0.4) is 0 Å². The van der Waals surface area contributed by atoms with Gasteiger partial charge in [-0.2, -0.15) is 5.10 Å². The van der Waals surface area contributed by atoms with Crippen molar-refractivity contribution in [1.82, 2.24) is 25.1 Å². The Morgan fingerprint density at radius 1 is 1.10 bits per heavy atom. The number of ether oxygens (including phenoxy) is 1. The van der Waals surface area contributed by atoms with Gasteiger partial charge in [0, 0.05) is 18.2 Å². The van der Waals surface area contributed by atoms with Gasteiger partial charge in [-0.1, -0.05) is 0 Å². The van der Waals surface area contributed by atoms with Gasteiger partial charge in [0.2, 0.25) is 0 Å². The van der Waals surface area contributed by atoms with Gasteiger partial charge in [-0.05, 0) is 55.8 Å². The van der Waals surface area contributed by atoms with E-state index in [1.807, 2.05) is 4.68 Å². The molecule has 1 atom stereocenters. The number of nitrogens with two attached hydrogens (primary N) is 1. The van der Waals surface area contributed by atoms with Crippen LogP contribution in [0.25, 0.3) is 22.3 Å². The SMILES string of the molecule is Nc1ncnc2c1c(-c1ccc(Oc3cc(F)ccc3F)cc1)nn2[C@@H]1CCCNC1. The second-order valence-corrected chi connectivity index (χ2v) is 7.45. The number of hydrogen-bond acceptors (Lipinski definition) is 6. The maximum absolute atomic E-state index is 13.9. The molecule has 31 heavy (non-hydrogen) atoms. The Morgan fingerprint density at radius 2 is 1.94 bits per heavy atom. The van der Waals surface area contributed by atoms with E-state index in [1.165, 1.54) is 6.33 Å². The van der Waals surface area contributed by atoms with Crippen LogP contribution in [0.5, 0.6) is 11.5 Å². The molecule has 0 unspecified atom stereocenters. The normalized spacial score (nSPS) is 16.5. The molecule has 2 aromatic heterocycles. The predicted molar refractivity (Wildman–Crippen MR) is 113 cm³/mol. The van der Waals surface area contributed by atoms with Gasteiger partial charge in [-0.15, -0.1) is 0 Å². The first-order valence-corrected chi connectivity index (χ1v) is 10.0. The summed E-state index contributed by atoms with van der Waals surface area (Å²) in [6.07, 6.45) is 3.50. The van der Waals surface area contributed by atoms with E-state index in [2.05, 4.69) is 15.3 Å². The molecule has 0 saturated carbocycles. The number of aromatic nitrogens is 4. The zero-order chi connectivity index (χ0) is 21.4. The Bertz CT molecular complexity index is 1230. The number of nitrogens with zero attached hydrogens (tertiary/aromatic N) is 4. The number of rotatable bonds is 4. The molecule has 0 bridgehead atoms. The second kappa shape index (κ2) is 7.92. The largest absolute Gasteiger partial charge is 0.454 e. The molecule has 7 nitrogen and oxygen atoms in total. The highest BCUT2D eigenvalue weighted by molar-refractivity contribution is 5.98. The summed E-state index contributed by atoms with van der Waals surface area (Å²) < 4.78 is 34.7. The highest BCUT2D eigenvalue weighted by atomic mass is 19.1. The van der Waals surface area contributed by atoms with E-state index in [4.69, 9.17) is 15.6 Å². The van der Waals surface area contributed by atoms with Crippen molar-refractivity contribution >= 4 is 16.9 Å². The summed E-state index contributed by atoms with van der Waals surface area (Å²) in [6.45, 7) is 1.80. The van der Waals surface area contributed by atoms with Crippen molar-refractivity contribution in [3.63, 3.8) is 0 Å². The molecule has 158 valence electrons. The van der Waals surface area contributed by atoms with Gasteiger partial charge in [0.25, 0.3) is 0 Å². The van der Waals surface area contributed by atoms with Crippen LogP contribution < -0.4 is 15.8 Å². The molecule has 0 aliphatic carbocycles. The van der Waals surface area contributed by atoms with Crippen LogP contribution in [-0.4, -0.2) is 32.8 Å². The second-order valence-electron chi connectivity index (χ2n) is 7.45. The zero-order valence-electron chi connectivity index (χ0n) is 16.6. The molecular formula is C22H20F2N6O. The Balaban J connectivity index is 1.51. The predicted octanol–water partition coefficient (Wildman–Crippen LogP) is 4.07. The highest BCUT2D eigenvalue weighted by Gasteiger charge is 2.23. The minimum Gasteiger partial charge on any atom is -0.454 e. The van der Waals surface area contributed by atoms with Crippen LogP contribution >= 0.6 is 0 Å². The van der Waals surface area contributed by atoms with Crippen molar-refractivity contribution in [2.24, 2.45) is 0 Å². The first-order chi connectivity index (χ1) is 15.1. The van der Waals surface area contributed by atoms with Crippen LogP contribution in [0.2, 0.25) is 0 Å². The third kappa shape index (κ3) is 3.68. The lowest BCUT2D eigenvalue weighted by Gasteiger charge is -2.23. The first kappa shape index (κ1) is 19.4. The summed E-state index contributed by atoms with van der Waals surface area (Å²) in [6, 6.07) is 10.2. The molecule has 2 aromatic carbocycles. The van der Waals surface area contributed by atoms with Gasteiger partial charge < -0.3 is 15.8 Å². The number of halogens is 2. The number of nitrogen functional groups attached to an aromatic ring is 1. The maximum atomic E-state index is 13.9. The highest BCUT2D eigenvalue weighted by Crippen LogP contribution is 2.34. The first-order valence-electron chi connectivity index (χ1n) is 10.0. The van der Waals surface area contributed by atoms with E-state index in [0.717, 1.165) is 49.7 Å². The molecule has 1 fully saturated rings. The third-order valence-corrected chi connectivity index (χ3v) is 5.38. The summed E-state index contributed by atoms with van der Waals surface area (Å²) in [7, 11) is 0. The monoisotopic (exact) mass is 422 g/mol. The van der Waals surface area contributed by atoms with Crippen LogP contribution in [0.4, 0.5) is 14.6 Å². The van der Waals surface area contributed by atoms with Gasteiger partial charge in [0.05, 0.1) is 11.4 Å². The lowest BCUT2D eigenvalue weighted by Crippen LogP contribution is -2.32. The molecule has 3 N–H and O–H groups in total. The Labute approximate surface area is 176 Å². The number of hydrogen-bond donors (Lipinski definition) is 2. The molecule has 5 rings (SSSR count). The quantitative estimate of drug-likeness (QED) is 0.515. The van der Waals surface area contributed by atoms with E-state index >= 15 is 0 Å². The van der Waals surface area contributed by atoms with Crippen LogP contribution in [0.1, 0.15) is 18.9 Å². The van der Waals surface area contributed by atoms with E-state index in [9.17, 15) is 8.78 Å². The van der Waals surface area contributed by atoms with Crippen LogP contribution in [0.15, 0.2) is 48.8 Å². The molecule has 0 amide bonds. The van der Waals surface area contributed by atoms with Crippen LogP contribution in [-0.2, 0) is 0 Å². The Kier molecular flexibility index (Phi) is 4.95. The van der Waals surface area contributed by atoms with Crippen molar-refractivity contribution in [2.45, 2.75) is 18.9 Å². The average Bonchev–Trinajstić information content (AvgIpc) is 3.18. The van der Waals surface area contributed by atoms with Crippen molar-refractivity contribution in [3.05, 3.63) is 60.4 Å². The fourth-order valence-electron chi connectivity index (χ4n) is 3.86. The van der Waals surface area contributed by atoms with Gasteiger partial charge >= 0.3 is 0 Å². The molecular weight excluding hydrogens is 402 g/mol. The Hall–Kier alpha value is -3.59. The molecule has 1 aliphatic rings. The molecule has 0 spiro atoms. The summed E-state index contributed by atoms with van der Waals surface area (Å²) in [5, 5.41) is 8.91. The summed E-state index contributed by atoms with van der Waals surface area (Å²) in [5.41, 5.74) is 8.33. The Morgan fingerprint density at radius 3 is 2.71 bits per heavy atom. The third-order valence-electron chi connectivity index (χ3n) is 5.38. The number of benzene rings is 2. The number of piperidine rings is 1. The fourth-order valence-corrected chi connectivity index (χ4v) is 3.86. The zero-order valence-corrected chi connectivity index (χ0v) is 16.6. The minimum atomic E-state index is -0.638. The average molecular weight is 422 g/mol. The smallest absolute Gasteiger partial charge is 0.165 e. The van der Waals surface area contributed by atoms with Gasteiger partial charge in [-0.3, -0.25) is 0 Å². The fraction of sp³-hybridized carbons (Fsp3) is 0.227. The van der Waals surface area contributed by atoms with E-state index in [-0.39, 0.29) is 11.8 Å². The summed E-state index contributed by atoms with van der Waals surface area (Å²) in [5.74, 6) is -0.654. The van der Waals surface area contributed by atoms with Crippen molar-refractivity contribution in [3.8, 4) is 22.8 Å². The molecule has 1 aliphatic heterocycles. The van der Waals surface area contributed by atoms with Crippen molar-refractivity contribution in [2.75, 3.05) is 18.8 Å². The van der Waals surface area contributed by atoms with Crippen molar-refractivity contribution < 1.29 is 13.5 Å². The van der Waals surface area contributed by atoms with Gasteiger partial charge in [0.1, 0.15) is 29.4 Å². The molecule has 0 radical (unpaired) electrons. The molecule has 3 heterocycles. The molecule has 9 heteroatoms. The number of nitrogens with one attached hydrogen (secondary N) is 1. The lowest BCUT2D eigenvalue weighted by molar-refractivity contribution is 0.354.